The van der Waals surface area contributed by atoms with Gasteiger partial charge in [-0.25, -0.2) is 4.99 Å². The predicted molar refractivity (Wildman–Crippen MR) is 112 cm³/mol. The minimum absolute atomic E-state index is 0.265. The van der Waals surface area contributed by atoms with Crippen molar-refractivity contribution in [3.05, 3.63) is 52.0 Å². The highest BCUT2D eigenvalue weighted by molar-refractivity contribution is 6.32. The van der Waals surface area contributed by atoms with E-state index in [2.05, 4.69) is 6.07 Å². The Bertz CT molecular complexity index is 892. The van der Waals surface area contributed by atoms with E-state index >= 15 is 0 Å². The summed E-state index contributed by atoms with van der Waals surface area (Å²) in [6.07, 6.45) is 1.50. The summed E-state index contributed by atoms with van der Waals surface area (Å²) < 4.78 is 22.4. The molecule has 0 unspecified atom stereocenters. The van der Waals surface area contributed by atoms with Crippen LogP contribution in [0.1, 0.15) is 30.5 Å². The number of aryl methyl sites for hydroxylation is 1. The Morgan fingerprint density at radius 3 is 2.39 bits per heavy atom. The van der Waals surface area contributed by atoms with Gasteiger partial charge in [-0.05, 0) is 50.5 Å². The summed E-state index contributed by atoms with van der Waals surface area (Å²) >= 11 is 6.46. The first kappa shape index (κ1) is 20.3. The smallest absolute Gasteiger partial charge is 0.217 e. The zero-order chi connectivity index (χ0) is 20.3. The average molecular weight is 404 g/mol. The first-order valence-electron chi connectivity index (χ1n) is 9.18. The zero-order valence-corrected chi connectivity index (χ0v) is 17.7. The van der Waals surface area contributed by atoms with Gasteiger partial charge in [0, 0.05) is 11.1 Å². The van der Waals surface area contributed by atoms with Crippen LogP contribution in [0, 0.1) is 0 Å². The van der Waals surface area contributed by atoms with Gasteiger partial charge in [0.05, 0.1) is 31.9 Å². The summed E-state index contributed by atoms with van der Waals surface area (Å²) in [5.41, 5.74) is 2.70. The standard InChI is InChI=1S/C22H26ClNO4/c1-22(2)13-28-21(24-22)17-12-18(23)20(27-5)19(26-4)16(17)10-9-14-7-6-8-15(11-14)25-3/h6-8,11-12H,9-10,13H2,1-5H3. The van der Waals surface area contributed by atoms with Crippen molar-refractivity contribution in [3.8, 4) is 17.2 Å². The Morgan fingerprint density at radius 2 is 1.79 bits per heavy atom. The molecule has 0 fully saturated rings. The summed E-state index contributed by atoms with van der Waals surface area (Å²) in [5, 5.41) is 0.468. The number of benzene rings is 2. The molecule has 28 heavy (non-hydrogen) atoms. The monoisotopic (exact) mass is 403 g/mol. The van der Waals surface area contributed by atoms with Crippen LogP contribution in [0.15, 0.2) is 35.3 Å². The Labute approximate surface area is 171 Å². The van der Waals surface area contributed by atoms with Gasteiger partial charge < -0.3 is 18.9 Å². The third kappa shape index (κ3) is 4.20. The van der Waals surface area contributed by atoms with Gasteiger partial charge in [-0.15, -0.1) is 0 Å². The van der Waals surface area contributed by atoms with Gasteiger partial charge in [0.2, 0.25) is 5.90 Å². The molecule has 5 nitrogen and oxygen atoms in total. The molecule has 0 aromatic heterocycles. The molecule has 3 rings (SSSR count). The van der Waals surface area contributed by atoms with Crippen LogP contribution < -0.4 is 14.2 Å². The number of ether oxygens (including phenoxy) is 4. The van der Waals surface area contributed by atoms with Crippen molar-refractivity contribution in [1.29, 1.82) is 0 Å². The van der Waals surface area contributed by atoms with Crippen molar-refractivity contribution < 1.29 is 18.9 Å². The molecule has 2 aromatic rings. The molecule has 0 spiro atoms. The lowest BCUT2D eigenvalue weighted by atomic mass is 9.97. The second-order valence-electron chi connectivity index (χ2n) is 7.32. The third-order valence-electron chi connectivity index (χ3n) is 4.70. The molecule has 0 saturated heterocycles. The zero-order valence-electron chi connectivity index (χ0n) is 17.0. The van der Waals surface area contributed by atoms with E-state index in [0.29, 0.717) is 35.4 Å². The van der Waals surface area contributed by atoms with E-state index in [4.69, 9.17) is 35.5 Å². The fraction of sp³-hybridized carbons (Fsp3) is 0.409. The number of halogens is 1. The van der Waals surface area contributed by atoms with Gasteiger partial charge in [-0.1, -0.05) is 23.7 Å². The molecule has 0 bridgehead atoms. The first-order chi connectivity index (χ1) is 13.4. The lowest BCUT2D eigenvalue weighted by molar-refractivity contribution is 0.279. The lowest BCUT2D eigenvalue weighted by Gasteiger charge is -2.18. The SMILES string of the molecule is COc1cccc(CCc2c(C3=NC(C)(C)CO3)cc(Cl)c(OC)c2OC)c1. The molecule has 6 heteroatoms. The molecule has 0 saturated carbocycles. The van der Waals surface area contributed by atoms with Crippen LogP contribution in [0.25, 0.3) is 0 Å². The Hall–Kier alpha value is -2.40. The van der Waals surface area contributed by atoms with E-state index in [0.717, 1.165) is 28.9 Å². The summed E-state index contributed by atoms with van der Waals surface area (Å²) in [6, 6.07) is 9.88. The number of aliphatic imine (C=N–C) groups is 1. The van der Waals surface area contributed by atoms with Crippen molar-refractivity contribution in [2.24, 2.45) is 4.99 Å². The van der Waals surface area contributed by atoms with Gasteiger partial charge in [-0.2, -0.15) is 0 Å². The second-order valence-corrected chi connectivity index (χ2v) is 7.73. The third-order valence-corrected chi connectivity index (χ3v) is 4.98. The van der Waals surface area contributed by atoms with Crippen molar-refractivity contribution in [2.45, 2.75) is 32.2 Å². The molecule has 150 valence electrons. The van der Waals surface area contributed by atoms with Gasteiger partial charge in [-0.3, -0.25) is 0 Å². The summed E-state index contributed by atoms with van der Waals surface area (Å²) in [4.78, 5) is 4.73. The van der Waals surface area contributed by atoms with E-state index in [1.165, 1.54) is 0 Å². The van der Waals surface area contributed by atoms with Crippen LogP contribution in [0.3, 0.4) is 0 Å². The highest BCUT2D eigenvalue weighted by Gasteiger charge is 2.30. The largest absolute Gasteiger partial charge is 0.497 e. The average Bonchev–Trinajstić information content (AvgIpc) is 3.05. The van der Waals surface area contributed by atoms with E-state index in [9.17, 15) is 0 Å². The Kier molecular flexibility index (Phi) is 6.04. The van der Waals surface area contributed by atoms with E-state index < -0.39 is 0 Å². The van der Waals surface area contributed by atoms with Crippen LogP contribution in [-0.4, -0.2) is 39.4 Å². The van der Waals surface area contributed by atoms with Gasteiger partial charge in [0.1, 0.15) is 12.4 Å². The molecule has 0 amide bonds. The molecule has 1 aliphatic rings. The summed E-state index contributed by atoms with van der Waals surface area (Å²) in [6.45, 7) is 4.61. The predicted octanol–water partition coefficient (Wildman–Crippen LogP) is 4.71. The normalized spacial score (nSPS) is 15.0. The van der Waals surface area contributed by atoms with Crippen LogP contribution in [0.5, 0.6) is 17.2 Å². The van der Waals surface area contributed by atoms with Crippen LogP contribution in [0.4, 0.5) is 0 Å². The molecule has 0 atom stereocenters. The van der Waals surface area contributed by atoms with Crippen molar-refractivity contribution in [3.63, 3.8) is 0 Å². The highest BCUT2D eigenvalue weighted by atomic mass is 35.5. The molecule has 0 aliphatic carbocycles. The molecule has 1 aliphatic heterocycles. The first-order valence-corrected chi connectivity index (χ1v) is 9.55. The molecular formula is C22H26ClNO4. The van der Waals surface area contributed by atoms with Crippen molar-refractivity contribution in [1.82, 2.24) is 0 Å². The van der Waals surface area contributed by atoms with Crippen LogP contribution in [0.2, 0.25) is 5.02 Å². The number of rotatable bonds is 7. The second kappa shape index (κ2) is 8.31. The fourth-order valence-corrected chi connectivity index (χ4v) is 3.58. The minimum Gasteiger partial charge on any atom is -0.497 e. The maximum absolute atomic E-state index is 6.46. The maximum Gasteiger partial charge on any atom is 0.217 e. The lowest BCUT2D eigenvalue weighted by Crippen LogP contribution is -2.17. The molecular weight excluding hydrogens is 378 g/mol. The number of nitrogens with zero attached hydrogens (tertiary/aromatic N) is 1. The Morgan fingerprint density at radius 1 is 1.04 bits per heavy atom. The van der Waals surface area contributed by atoms with E-state index in [1.807, 2.05) is 38.1 Å². The van der Waals surface area contributed by atoms with Gasteiger partial charge >= 0.3 is 0 Å². The fourth-order valence-electron chi connectivity index (χ4n) is 3.31. The topological polar surface area (TPSA) is 49.3 Å². The minimum atomic E-state index is -0.265. The van der Waals surface area contributed by atoms with E-state index in [-0.39, 0.29) is 5.54 Å². The number of hydrogen-bond donors (Lipinski definition) is 0. The van der Waals surface area contributed by atoms with Crippen LogP contribution in [-0.2, 0) is 17.6 Å². The molecule has 2 aromatic carbocycles. The Balaban J connectivity index is 2.03. The maximum atomic E-state index is 6.46. The van der Waals surface area contributed by atoms with Gasteiger partial charge in [0.15, 0.2) is 11.5 Å². The summed E-state index contributed by atoms with van der Waals surface area (Å²) in [7, 11) is 4.87. The molecule has 0 N–H and O–H groups in total. The van der Waals surface area contributed by atoms with Gasteiger partial charge in [0.25, 0.3) is 0 Å². The quantitative estimate of drug-likeness (QED) is 0.672. The van der Waals surface area contributed by atoms with Crippen molar-refractivity contribution in [2.75, 3.05) is 27.9 Å². The number of hydrogen-bond acceptors (Lipinski definition) is 5. The van der Waals surface area contributed by atoms with E-state index in [1.54, 1.807) is 21.3 Å². The highest BCUT2D eigenvalue weighted by Crippen LogP contribution is 2.42. The molecule has 0 radical (unpaired) electrons. The number of methoxy groups -OCH3 is 3. The summed E-state index contributed by atoms with van der Waals surface area (Å²) in [5.74, 6) is 2.56. The van der Waals surface area contributed by atoms with Crippen LogP contribution >= 0.6 is 11.6 Å². The van der Waals surface area contributed by atoms with Crippen molar-refractivity contribution >= 4 is 17.5 Å². The molecule has 1 heterocycles.